The Morgan fingerprint density at radius 3 is 2.50 bits per heavy atom. The van der Waals surface area contributed by atoms with Crippen molar-refractivity contribution in [2.24, 2.45) is 0 Å². The summed E-state index contributed by atoms with van der Waals surface area (Å²) >= 11 is 0. The maximum Gasteiger partial charge on any atom is 0.254 e. The van der Waals surface area contributed by atoms with E-state index in [-0.39, 0.29) is 11.9 Å². The minimum Gasteiger partial charge on any atom is -0.329 e. The fraction of sp³-hybridized carbons (Fsp3) is 0.316. The van der Waals surface area contributed by atoms with E-state index in [9.17, 15) is 13.2 Å². The first-order valence-electron chi connectivity index (χ1n) is 8.46. The van der Waals surface area contributed by atoms with Gasteiger partial charge >= 0.3 is 0 Å². The van der Waals surface area contributed by atoms with Gasteiger partial charge < -0.3 is 9.80 Å². The zero-order valence-electron chi connectivity index (χ0n) is 14.9. The third kappa shape index (κ3) is 4.42. The fourth-order valence-corrected chi connectivity index (χ4v) is 3.77. The summed E-state index contributed by atoms with van der Waals surface area (Å²) in [5.41, 5.74) is 1.96. The first-order valence-corrected chi connectivity index (χ1v) is 10.3. The number of carbonyl (C=O) groups is 1. The van der Waals surface area contributed by atoms with E-state index in [0.29, 0.717) is 17.8 Å². The lowest BCUT2D eigenvalue weighted by Gasteiger charge is -2.40. The zero-order valence-corrected chi connectivity index (χ0v) is 15.7. The Hall–Kier alpha value is -2.38. The van der Waals surface area contributed by atoms with Gasteiger partial charge in [0, 0.05) is 30.9 Å². The third-order valence-corrected chi connectivity index (χ3v) is 5.05. The van der Waals surface area contributed by atoms with E-state index in [1.165, 1.54) is 0 Å². The van der Waals surface area contributed by atoms with Gasteiger partial charge in [0.25, 0.3) is 5.91 Å². The molecule has 1 N–H and O–H groups in total. The van der Waals surface area contributed by atoms with Crippen LogP contribution in [0, 0.1) is 0 Å². The van der Waals surface area contributed by atoms with E-state index in [2.05, 4.69) is 16.7 Å². The van der Waals surface area contributed by atoms with E-state index >= 15 is 0 Å². The molecule has 1 aliphatic rings. The minimum atomic E-state index is -3.39. The Labute approximate surface area is 154 Å². The van der Waals surface area contributed by atoms with Crippen LogP contribution in [0.4, 0.5) is 5.69 Å². The predicted molar refractivity (Wildman–Crippen MR) is 103 cm³/mol. The van der Waals surface area contributed by atoms with Crippen molar-refractivity contribution in [2.75, 3.05) is 37.7 Å². The molecule has 3 rings (SSSR count). The molecular weight excluding hydrogens is 350 g/mol. The maximum absolute atomic E-state index is 13.1. The molecule has 6 nitrogen and oxygen atoms in total. The minimum absolute atomic E-state index is 0.0334. The fourth-order valence-electron chi connectivity index (χ4n) is 3.22. The second kappa shape index (κ2) is 7.47. The van der Waals surface area contributed by atoms with Crippen molar-refractivity contribution in [3.63, 3.8) is 0 Å². The Morgan fingerprint density at radius 2 is 1.81 bits per heavy atom. The van der Waals surface area contributed by atoms with Gasteiger partial charge in [0.05, 0.1) is 12.3 Å². The van der Waals surface area contributed by atoms with Crippen molar-refractivity contribution in [1.82, 2.24) is 9.80 Å². The lowest BCUT2D eigenvalue weighted by atomic mass is 10.0. The number of hydrogen-bond donors (Lipinski definition) is 1. The topological polar surface area (TPSA) is 69.7 Å². The molecule has 0 aliphatic carbocycles. The quantitative estimate of drug-likeness (QED) is 0.892. The summed E-state index contributed by atoms with van der Waals surface area (Å²) in [4.78, 5) is 17.2. The molecule has 0 bridgehead atoms. The van der Waals surface area contributed by atoms with Gasteiger partial charge in [-0.25, -0.2) is 8.42 Å². The second-order valence-electron chi connectivity index (χ2n) is 6.64. The summed E-state index contributed by atoms with van der Waals surface area (Å²) < 4.78 is 25.3. The largest absolute Gasteiger partial charge is 0.329 e. The number of rotatable bonds is 4. The lowest BCUT2D eigenvalue weighted by molar-refractivity contribution is 0.0498. The number of nitrogens with zero attached hydrogens (tertiary/aromatic N) is 2. The van der Waals surface area contributed by atoms with Crippen LogP contribution in [0.15, 0.2) is 54.6 Å². The smallest absolute Gasteiger partial charge is 0.254 e. The van der Waals surface area contributed by atoms with Crippen LogP contribution in [-0.2, 0) is 10.0 Å². The van der Waals surface area contributed by atoms with Gasteiger partial charge in [-0.1, -0.05) is 36.4 Å². The van der Waals surface area contributed by atoms with Crippen LogP contribution in [0.5, 0.6) is 0 Å². The van der Waals surface area contributed by atoms with Crippen LogP contribution in [-0.4, -0.2) is 57.1 Å². The molecular formula is C19H23N3O3S. The molecule has 1 amide bonds. The number of hydrogen-bond acceptors (Lipinski definition) is 4. The van der Waals surface area contributed by atoms with Crippen molar-refractivity contribution in [2.45, 2.75) is 6.04 Å². The van der Waals surface area contributed by atoms with Crippen molar-refractivity contribution < 1.29 is 13.2 Å². The molecule has 0 spiro atoms. The van der Waals surface area contributed by atoms with Crippen molar-refractivity contribution in [1.29, 1.82) is 0 Å². The number of nitrogens with one attached hydrogen (secondary N) is 1. The highest BCUT2D eigenvalue weighted by molar-refractivity contribution is 7.92. The molecule has 1 aliphatic heterocycles. The number of piperazine rings is 1. The van der Waals surface area contributed by atoms with E-state index in [0.717, 1.165) is 24.9 Å². The molecule has 0 saturated carbocycles. The Morgan fingerprint density at radius 1 is 1.08 bits per heavy atom. The SMILES string of the molecule is CN1CCN(C(=O)c2cccc(NS(C)(=O)=O)c2)C(c2ccccc2)C1. The van der Waals surface area contributed by atoms with Crippen LogP contribution < -0.4 is 4.72 Å². The molecule has 0 radical (unpaired) electrons. The molecule has 138 valence electrons. The highest BCUT2D eigenvalue weighted by Crippen LogP contribution is 2.27. The van der Waals surface area contributed by atoms with Gasteiger partial charge in [0.15, 0.2) is 0 Å². The van der Waals surface area contributed by atoms with E-state index in [1.54, 1.807) is 24.3 Å². The number of likely N-dealkylation sites (N-methyl/N-ethyl adjacent to an activating group) is 1. The van der Waals surface area contributed by atoms with E-state index in [4.69, 9.17) is 0 Å². The number of anilines is 1. The second-order valence-corrected chi connectivity index (χ2v) is 8.39. The van der Waals surface area contributed by atoms with Gasteiger partial charge in [-0.05, 0) is 30.8 Å². The summed E-state index contributed by atoms with van der Waals surface area (Å²) in [6.07, 6.45) is 1.09. The Balaban J connectivity index is 1.88. The van der Waals surface area contributed by atoms with Gasteiger partial charge in [-0.3, -0.25) is 9.52 Å². The molecule has 0 aromatic heterocycles. The molecule has 26 heavy (non-hydrogen) atoms. The van der Waals surface area contributed by atoms with Crippen molar-refractivity contribution in [3.05, 3.63) is 65.7 Å². The van der Waals surface area contributed by atoms with Crippen molar-refractivity contribution >= 4 is 21.6 Å². The first kappa shape index (κ1) is 18.4. The summed E-state index contributed by atoms with van der Waals surface area (Å²) in [5, 5.41) is 0. The van der Waals surface area contributed by atoms with Gasteiger partial charge in [-0.2, -0.15) is 0 Å². The van der Waals surface area contributed by atoms with Crippen LogP contribution in [0.1, 0.15) is 22.0 Å². The molecule has 1 heterocycles. The molecule has 1 saturated heterocycles. The average Bonchev–Trinajstić information content (AvgIpc) is 2.60. The Kier molecular flexibility index (Phi) is 5.29. The molecule has 1 atom stereocenters. The summed E-state index contributed by atoms with van der Waals surface area (Å²) in [5.74, 6) is -0.0934. The third-order valence-electron chi connectivity index (χ3n) is 4.44. The summed E-state index contributed by atoms with van der Waals surface area (Å²) in [6.45, 7) is 2.19. The zero-order chi connectivity index (χ0) is 18.7. The highest BCUT2D eigenvalue weighted by atomic mass is 32.2. The molecule has 2 aromatic rings. The van der Waals surface area contributed by atoms with E-state index in [1.807, 2.05) is 35.2 Å². The molecule has 2 aromatic carbocycles. The number of sulfonamides is 1. The van der Waals surface area contributed by atoms with Crippen LogP contribution in [0.3, 0.4) is 0 Å². The van der Waals surface area contributed by atoms with Gasteiger partial charge in [-0.15, -0.1) is 0 Å². The van der Waals surface area contributed by atoms with Crippen molar-refractivity contribution in [3.8, 4) is 0 Å². The lowest BCUT2D eigenvalue weighted by Crippen LogP contribution is -2.49. The van der Waals surface area contributed by atoms with Gasteiger partial charge in [0.1, 0.15) is 0 Å². The van der Waals surface area contributed by atoms with Gasteiger partial charge in [0.2, 0.25) is 10.0 Å². The van der Waals surface area contributed by atoms with Crippen LogP contribution >= 0.6 is 0 Å². The highest BCUT2D eigenvalue weighted by Gasteiger charge is 2.30. The molecule has 1 fully saturated rings. The predicted octanol–water partition coefficient (Wildman–Crippen LogP) is 2.19. The normalized spacial score (nSPS) is 18.5. The number of carbonyl (C=O) groups excluding carboxylic acids is 1. The first-order chi connectivity index (χ1) is 12.3. The average molecular weight is 373 g/mol. The van der Waals surface area contributed by atoms with Crippen LogP contribution in [0.2, 0.25) is 0 Å². The molecule has 1 unspecified atom stereocenters. The van der Waals surface area contributed by atoms with E-state index < -0.39 is 10.0 Å². The number of benzene rings is 2. The Bertz CT molecular complexity index is 884. The monoisotopic (exact) mass is 373 g/mol. The maximum atomic E-state index is 13.1. The summed E-state index contributed by atoms with van der Waals surface area (Å²) in [7, 11) is -1.34. The summed E-state index contributed by atoms with van der Waals surface area (Å²) in [6, 6.07) is 16.6. The molecule has 7 heteroatoms. The van der Waals surface area contributed by atoms with Crippen LogP contribution in [0.25, 0.3) is 0 Å². The number of amides is 1. The standard InChI is InChI=1S/C19H23N3O3S/c1-21-11-12-22(18(14-21)15-7-4-3-5-8-15)19(23)16-9-6-10-17(13-16)20-26(2,24)25/h3-10,13,18,20H,11-12,14H2,1-2H3.